The average molecular weight is 766 g/mol. The van der Waals surface area contributed by atoms with Crippen molar-refractivity contribution in [3.63, 3.8) is 0 Å². The molecule has 4 aromatic rings. The molecular weight excluding hydrogens is 724 g/mol. The number of ether oxygens (including phenoxy) is 3. The first-order valence-electron chi connectivity index (χ1n) is 17.8. The number of hydrogen-bond acceptors (Lipinski definition) is 5. The van der Waals surface area contributed by atoms with Crippen molar-refractivity contribution in [2.75, 3.05) is 20.8 Å². The van der Waals surface area contributed by atoms with Gasteiger partial charge in [-0.2, -0.15) is 26.3 Å². The van der Waals surface area contributed by atoms with Gasteiger partial charge in [-0.1, -0.05) is 56.3 Å². The minimum Gasteiger partial charge on any atom is -0.496 e. The maximum absolute atomic E-state index is 13.7. The normalized spacial score (nSPS) is 18.7. The molecule has 0 radical (unpaired) electrons. The fraction of sp³-hybridized carbons (Fsp3) is 0.349. The van der Waals surface area contributed by atoms with E-state index in [1.54, 1.807) is 20.1 Å². The number of allylic oxidation sites excluding steroid dienone is 1. The lowest BCUT2D eigenvalue weighted by molar-refractivity contribution is -0.143. The summed E-state index contributed by atoms with van der Waals surface area (Å²) in [5.41, 5.74) is 3.43. The smallest absolute Gasteiger partial charge is 0.416 e. The molecule has 0 N–H and O–H groups in total. The van der Waals surface area contributed by atoms with Crippen LogP contribution >= 0.6 is 0 Å². The van der Waals surface area contributed by atoms with Gasteiger partial charge in [0.25, 0.3) is 0 Å². The van der Waals surface area contributed by atoms with Crippen LogP contribution in [-0.4, -0.2) is 43.8 Å². The monoisotopic (exact) mass is 765 g/mol. The van der Waals surface area contributed by atoms with Crippen LogP contribution in [0, 0.1) is 12.3 Å². The molecule has 2 aliphatic rings. The number of methoxy groups -OCH3 is 2. The SMILES string of the molecule is COC(=O)c1ccc(-c2ccccc2)c(C)c1-c1ccc(OC)c(C2=C(CN3C(=O)O[C@@H](c4cc(C(F)(F)F)cc(C(F)(F)F)c4)[C@@H]3C)CC(C)(C)CC2)c1. The van der Waals surface area contributed by atoms with Crippen LogP contribution in [0.3, 0.4) is 0 Å². The highest BCUT2D eigenvalue weighted by atomic mass is 19.4. The molecule has 290 valence electrons. The van der Waals surface area contributed by atoms with E-state index in [2.05, 4.69) is 13.8 Å². The van der Waals surface area contributed by atoms with E-state index in [4.69, 9.17) is 14.2 Å². The van der Waals surface area contributed by atoms with Gasteiger partial charge < -0.3 is 14.2 Å². The van der Waals surface area contributed by atoms with Gasteiger partial charge in [-0.3, -0.25) is 4.90 Å². The third-order valence-corrected chi connectivity index (χ3v) is 10.6. The second kappa shape index (κ2) is 14.8. The van der Waals surface area contributed by atoms with E-state index in [0.717, 1.165) is 45.4 Å². The van der Waals surface area contributed by atoms with Gasteiger partial charge in [0, 0.05) is 12.1 Å². The second-order valence-corrected chi connectivity index (χ2v) is 14.9. The molecule has 6 rings (SSSR count). The van der Waals surface area contributed by atoms with Crippen LogP contribution in [0.4, 0.5) is 31.1 Å². The number of esters is 1. The predicted molar refractivity (Wildman–Crippen MR) is 196 cm³/mol. The summed E-state index contributed by atoms with van der Waals surface area (Å²) in [6.07, 6.45) is -10.4. The van der Waals surface area contributed by atoms with Crippen molar-refractivity contribution in [3.8, 4) is 28.0 Å². The molecule has 6 nitrogen and oxygen atoms in total. The van der Waals surface area contributed by atoms with Crippen LogP contribution < -0.4 is 4.74 Å². The Morgan fingerprint density at radius 3 is 2.13 bits per heavy atom. The number of hydrogen-bond donors (Lipinski definition) is 0. The van der Waals surface area contributed by atoms with Gasteiger partial charge in [0.2, 0.25) is 0 Å². The summed E-state index contributed by atoms with van der Waals surface area (Å²) in [4.78, 5) is 28.0. The zero-order valence-corrected chi connectivity index (χ0v) is 31.2. The van der Waals surface area contributed by atoms with Crippen molar-refractivity contribution >= 4 is 17.6 Å². The number of alkyl halides is 6. The van der Waals surface area contributed by atoms with Gasteiger partial charge in [0.1, 0.15) is 11.9 Å². The van der Waals surface area contributed by atoms with Gasteiger partial charge in [-0.05, 0) is 119 Å². The number of cyclic esters (lactones) is 1. The molecule has 2 atom stereocenters. The molecule has 55 heavy (non-hydrogen) atoms. The van der Waals surface area contributed by atoms with Crippen molar-refractivity contribution in [1.29, 1.82) is 0 Å². The summed E-state index contributed by atoms with van der Waals surface area (Å²) in [7, 11) is 2.87. The first-order valence-corrected chi connectivity index (χ1v) is 17.8. The van der Waals surface area contributed by atoms with Crippen molar-refractivity contribution in [2.45, 2.75) is 71.5 Å². The summed E-state index contributed by atoms with van der Waals surface area (Å²) in [5.74, 6) is 0.0413. The highest BCUT2D eigenvalue weighted by Gasteiger charge is 2.44. The van der Waals surface area contributed by atoms with Crippen LogP contribution in [0.25, 0.3) is 27.8 Å². The number of benzene rings is 4. The Hall–Kier alpha value is -5.26. The number of amides is 1. The molecule has 1 aliphatic heterocycles. The van der Waals surface area contributed by atoms with Crippen LogP contribution in [0.2, 0.25) is 0 Å². The fourth-order valence-electron chi connectivity index (χ4n) is 7.79. The van der Waals surface area contributed by atoms with Crippen LogP contribution in [-0.2, 0) is 21.8 Å². The largest absolute Gasteiger partial charge is 0.496 e. The standard InChI is InChI=1S/C43H41F6NO5/c1-24-32(26-10-8-7-9-11-26)13-14-34(39(51)54-6)37(24)27-12-15-36(53-5)35(20-27)33-16-17-41(3,4)22-29(33)23-50-25(2)38(55-40(50)52)28-18-30(42(44,45)46)21-31(19-28)43(47,48)49/h7-15,18-21,25,38H,16-17,22-23H2,1-6H3/t25-,38+/m0/s1. The van der Waals surface area contributed by atoms with E-state index in [-0.39, 0.29) is 18.0 Å². The van der Waals surface area contributed by atoms with Crippen molar-refractivity contribution in [3.05, 3.63) is 118 Å². The van der Waals surface area contributed by atoms with Gasteiger partial charge in [-0.25, -0.2) is 9.59 Å². The average Bonchev–Trinajstić information content (AvgIpc) is 3.41. The predicted octanol–water partition coefficient (Wildman–Crippen LogP) is 11.7. The molecule has 1 heterocycles. The quantitative estimate of drug-likeness (QED) is 0.132. The Balaban J connectivity index is 1.45. The summed E-state index contributed by atoms with van der Waals surface area (Å²) in [5, 5.41) is 0. The zero-order chi connectivity index (χ0) is 40.0. The summed E-state index contributed by atoms with van der Waals surface area (Å²) in [6, 6.07) is 19.4. The third kappa shape index (κ3) is 7.95. The highest BCUT2D eigenvalue weighted by molar-refractivity contribution is 6.00. The molecule has 12 heteroatoms. The Labute approximate surface area is 315 Å². The molecule has 0 bridgehead atoms. The lowest BCUT2D eigenvalue weighted by Crippen LogP contribution is -2.35. The Morgan fingerprint density at radius 2 is 1.53 bits per heavy atom. The molecule has 0 saturated carbocycles. The molecule has 1 amide bonds. The van der Waals surface area contributed by atoms with E-state index < -0.39 is 53.3 Å². The highest BCUT2D eigenvalue weighted by Crippen LogP contribution is 2.48. The first-order chi connectivity index (χ1) is 25.8. The maximum atomic E-state index is 13.7. The lowest BCUT2D eigenvalue weighted by Gasteiger charge is -2.36. The van der Waals surface area contributed by atoms with Gasteiger partial charge in [-0.15, -0.1) is 0 Å². The van der Waals surface area contributed by atoms with Crippen LogP contribution in [0.15, 0.2) is 84.4 Å². The second-order valence-electron chi connectivity index (χ2n) is 14.9. The first kappa shape index (κ1) is 39.4. The van der Waals surface area contributed by atoms with Gasteiger partial charge >= 0.3 is 24.4 Å². The molecule has 0 spiro atoms. The topological polar surface area (TPSA) is 65.1 Å². The van der Waals surface area contributed by atoms with E-state index in [9.17, 15) is 35.9 Å². The Kier molecular flexibility index (Phi) is 10.6. The minimum atomic E-state index is -5.05. The number of rotatable bonds is 8. The van der Waals surface area contributed by atoms with Crippen molar-refractivity contribution < 1.29 is 50.1 Å². The van der Waals surface area contributed by atoms with E-state index >= 15 is 0 Å². The van der Waals surface area contributed by atoms with E-state index in [1.807, 2.05) is 61.5 Å². The fourth-order valence-corrected chi connectivity index (χ4v) is 7.79. The lowest BCUT2D eigenvalue weighted by atomic mass is 9.72. The van der Waals surface area contributed by atoms with Gasteiger partial charge in [0.05, 0.1) is 37.0 Å². The maximum Gasteiger partial charge on any atom is 0.416 e. The minimum absolute atomic E-state index is 0.0175. The number of nitrogens with zero attached hydrogens (tertiary/aromatic N) is 1. The third-order valence-electron chi connectivity index (χ3n) is 10.6. The summed E-state index contributed by atoms with van der Waals surface area (Å²) >= 11 is 0. The number of halogens is 6. The molecule has 0 unspecified atom stereocenters. The van der Waals surface area contributed by atoms with E-state index in [1.165, 1.54) is 12.0 Å². The molecule has 1 aliphatic carbocycles. The number of carbonyl (C=O) groups excluding carboxylic acids is 2. The summed E-state index contributed by atoms with van der Waals surface area (Å²) < 4.78 is 99.0. The Bertz CT molecular complexity index is 2120. The van der Waals surface area contributed by atoms with E-state index in [0.29, 0.717) is 41.9 Å². The number of carbonyl (C=O) groups is 2. The van der Waals surface area contributed by atoms with Crippen molar-refractivity contribution in [1.82, 2.24) is 4.90 Å². The molecule has 4 aromatic carbocycles. The van der Waals surface area contributed by atoms with Gasteiger partial charge in [0.15, 0.2) is 0 Å². The van der Waals surface area contributed by atoms with Crippen LogP contribution in [0.1, 0.15) is 84.3 Å². The molecular formula is C43H41F6NO5. The van der Waals surface area contributed by atoms with Crippen LogP contribution in [0.5, 0.6) is 5.75 Å². The zero-order valence-electron chi connectivity index (χ0n) is 31.2. The molecule has 0 aromatic heterocycles. The van der Waals surface area contributed by atoms with Crippen molar-refractivity contribution in [2.24, 2.45) is 5.41 Å². The molecule has 1 fully saturated rings. The molecule has 1 saturated heterocycles. The summed E-state index contributed by atoms with van der Waals surface area (Å²) in [6.45, 7) is 7.70. The Morgan fingerprint density at radius 1 is 0.873 bits per heavy atom.